The summed E-state index contributed by atoms with van der Waals surface area (Å²) in [6, 6.07) is 10.0. The highest BCUT2D eigenvalue weighted by molar-refractivity contribution is 8.00. The SMILES string of the molecule is CC1SCCN(C(=O)OCc2ccccc2)C1C. The van der Waals surface area contributed by atoms with Crippen molar-refractivity contribution in [2.45, 2.75) is 31.7 Å². The lowest BCUT2D eigenvalue weighted by molar-refractivity contribution is 0.0843. The Morgan fingerprint density at radius 3 is 2.83 bits per heavy atom. The van der Waals surface area contributed by atoms with E-state index in [1.807, 2.05) is 47.0 Å². The number of rotatable bonds is 2. The molecule has 0 N–H and O–H groups in total. The third kappa shape index (κ3) is 3.19. The maximum Gasteiger partial charge on any atom is 0.410 e. The van der Waals surface area contributed by atoms with Crippen molar-refractivity contribution >= 4 is 17.9 Å². The fourth-order valence-electron chi connectivity index (χ4n) is 1.99. The van der Waals surface area contributed by atoms with Crippen LogP contribution in [0.3, 0.4) is 0 Å². The van der Waals surface area contributed by atoms with Gasteiger partial charge >= 0.3 is 6.09 Å². The molecule has 1 aromatic rings. The van der Waals surface area contributed by atoms with Gasteiger partial charge in [-0.25, -0.2) is 4.79 Å². The minimum absolute atomic E-state index is 0.196. The van der Waals surface area contributed by atoms with Crippen LogP contribution in [0, 0.1) is 0 Å². The van der Waals surface area contributed by atoms with E-state index >= 15 is 0 Å². The van der Waals surface area contributed by atoms with E-state index in [0.717, 1.165) is 17.9 Å². The molecule has 1 amide bonds. The van der Waals surface area contributed by atoms with Crippen LogP contribution in [0.1, 0.15) is 19.4 Å². The highest BCUT2D eigenvalue weighted by Gasteiger charge is 2.29. The van der Waals surface area contributed by atoms with Crippen LogP contribution in [0.5, 0.6) is 0 Å². The summed E-state index contributed by atoms with van der Waals surface area (Å²) in [5.41, 5.74) is 1.03. The van der Waals surface area contributed by atoms with Crippen molar-refractivity contribution in [1.82, 2.24) is 4.90 Å². The van der Waals surface area contributed by atoms with Crippen molar-refractivity contribution in [3.05, 3.63) is 35.9 Å². The average Bonchev–Trinajstić information content (AvgIpc) is 2.40. The molecule has 18 heavy (non-hydrogen) atoms. The maximum atomic E-state index is 12.0. The highest BCUT2D eigenvalue weighted by atomic mass is 32.2. The lowest BCUT2D eigenvalue weighted by Gasteiger charge is -2.36. The fraction of sp³-hybridized carbons (Fsp3) is 0.500. The van der Waals surface area contributed by atoms with Gasteiger partial charge in [0.1, 0.15) is 6.61 Å². The Bertz CT molecular complexity index is 396. The molecule has 1 fully saturated rings. The molecule has 1 aliphatic rings. The maximum absolute atomic E-state index is 12.0. The van der Waals surface area contributed by atoms with E-state index in [2.05, 4.69) is 13.8 Å². The van der Waals surface area contributed by atoms with Crippen molar-refractivity contribution < 1.29 is 9.53 Å². The van der Waals surface area contributed by atoms with E-state index in [4.69, 9.17) is 4.74 Å². The summed E-state index contributed by atoms with van der Waals surface area (Å²) in [6.07, 6.45) is -0.196. The van der Waals surface area contributed by atoms with Crippen LogP contribution in [-0.2, 0) is 11.3 Å². The summed E-state index contributed by atoms with van der Waals surface area (Å²) in [5, 5.41) is 0.475. The summed E-state index contributed by atoms with van der Waals surface area (Å²) < 4.78 is 5.36. The highest BCUT2D eigenvalue weighted by Crippen LogP contribution is 2.24. The molecule has 1 saturated heterocycles. The lowest BCUT2D eigenvalue weighted by atomic mass is 10.2. The third-order valence-electron chi connectivity index (χ3n) is 3.32. The number of carbonyl (C=O) groups is 1. The Morgan fingerprint density at radius 2 is 2.11 bits per heavy atom. The molecule has 0 spiro atoms. The van der Waals surface area contributed by atoms with Crippen molar-refractivity contribution in [3.63, 3.8) is 0 Å². The largest absolute Gasteiger partial charge is 0.445 e. The summed E-state index contributed by atoms with van der Waals surface area (Å²) in [4.78, 5) is 13.9. The molecule has 0 radical (unpaired) electrons. The average molecular weight is 265 g/mol. The number of hydrogen-bond donors (Lipinski definition) is 0. The molecule has 2 unspecified atom stereocenters. The van der Waals surface area contributed by atoms with Crippen LogP contribution < -0.4 is 0 Å². The normalized spacial score (nSPS) is 23.8. The van der Waals surface area contributed by atoms with E-state index in [-0.39, 0.29) is 12.1 Å². The zero-order chi connectivity index (χ0) is 13.0. The van der Waals surface area contributed by atoms with Gasteiger partial charge in [0.25, 0.3) is 0 Å². The minimum atomic E-state index is -0.196. The molecule has 1 heterocycles. The van der Waals surface area contributed by atoms with Crippen molar-refractivity contribution in [1.29, 1.82) is 0 Å². The predicted octanol–water partition coefficient (Wildman–Crippen LogP) is 3.15. The van der Waals surface area contributed by atoms with Crippen LogP contribution in [0.2, 0.25) is 0 Å². The Kier molecular flexibility index (Phi) is 4.53. The minimum Gasteiger partial charge on any atom is -0.445 e. The Labute approximate surface area is 113 Å². The topological polar surface area (TPSA) is 29.5 Å². The fourth-order valence-corrected chi connectivity index (χ4v) is 3.09. The molecule has 0 bridgehead atoms. The molecule has 0 saturated carbocycles. The van der Waals surface area contributed by atoms with Gasteiger partial charge in [-0.15, -0.1) is 0 Å². The quantitative estimate of drug-likeness (QED) is 0.822. The molecule has 2 rings (SSSR count). The van der Waals surface area contributed by atoms with Crippen LogP contribution >= 0.6 is 11.8 Å². The van der Waals surface area contributed by atoms with E-state index in [0.29, 0.717) is 11.9 Å². The number of benzene rings is 1. The number of nitrogens with zero attached hydrogens (tertiary/aromatic N) is 1. The van der Waals surface area contributed by atoms with Gasteiger partial charge in [0, 0.05) is 23.6 Å². The molecular formula is C14H19NO2S. The van der Waals surface area contributed by atoms with Gasteiger partial charge in [0.2, 0.25) is 0 Å². The summed E-state index contributed by atoms with van der Waals surface area (Å²) >= 11 is 1.91. The zero-order valence-electron chi connectivity index (χ0n) is 10.8. The second kappa shape index (κ2) is 6.14. The Hall–Kier alpha value is -1.16. The molecule has 1 aliphatic heterocycles. The van der Waals surface area contributed by atoms with Gasteiger partial charge < -0.3 is 9.64 Å². The Morgan fingerprint density at radius 1 is 1.39 bits per heavy atom. The monoisotopic (exact) mass is 265 g/mol. The van der Waals surface area contributed by atoms with Crippen LogP contribution in [-0.4, -0.2) is 34.6 Å². The third-order valence-corrected chi connectivity index (χ3v) is 4.66. The summed E-state index contributed by atoms with van der Waals surface area (Å²) in [5.74, 6) is 0.992. The first-order valence-electron chi connectivity index (χ1n) is 6.27. The van der Waals surface area contributed by atoms with Gasteiger partial charge in [-0.2, -0.15) is 11.8 Å². The van der Waals surface area contributed by atoms with Crippen LogP contribution in [0.25, 0.3) is 0 Å². The van der Waals surface area contributed by atoms with E-state index in [1.165, 1.54) is 0 Å². The first kappa shape index (κ1) is 13.3. The van der Waals surface area contributed by atoms with Gasteiger partial charge in [-0.1, -0.05) is 37.3 Å². The van der Waals surface area contributed by atoms with Crippen molar-refractivity contribution in [2.24, 2.45) is 0 Å². The molecule has 1 aromatic carbocycles. The molecule has 0 aliphatic carbocycles. The van der Waals surface area contributed by atoms with Gasteiger partial charge in [-0.3, -0.25) is 0 Å². The second-order valence-electron chi connectivity index (χ2n) is 4.55. The predicted molar refractivity (Wildman–Crippen MR) is 74.7 cm³/mol. The van der Waals surface area contributed by atoms with Crippen molar-refractivity contribution in [3.8, 4) is 0 Å². The molecular weight excluding hydrogens is 246 g/mol. The number of carbonyl (C=O) groups excluding carboxylic acids is 1. The molecule has 2 atom stereocenters. The standard InChI is InChI=1S/C14H19NO2S/c1-11-12(2)18-9-8-15(11)14(16)17-10-13-6-4-3-5-7-13/h3-7,11-12H,8-10H2,1-2H3. The van der Waals surface area contributed by atoms with Crippen LogP contribution in [0.15, 0.2) is 30.3 Å². The zero-order valence-corrected chi connectivity index (χ0v) is 11.7. The number of hydrogen-bond acceptors (Lipinski definition) is 3. The summed E-state index contributed by atoms with van der Waals surface area (Å²) in [6.45, 7) is 5.38. The first-order valence-corrected chi connectivity index (χ1v) is 7.32. The molecule has 0 aromatic heterocycles. The van der Waals surface area contributed by atoms with Gasteiger partial charge in [0.15, 0.2) is 0 Å². The summed E-state index contributed by atoms with van der Waals surface area (Å²) in [7, 11) is 0. The Balaban J connectivity index is 1.88. The second-order valence-corrected chi connectivity index (χ2v) is 6.04. The number of ether oxygens (including phenoxy) is 1. The number of thioether (sulfide) groups is 1. The van der Waals surface area contributed by atoms with E-state index in [1.54, 1.807) is 0 Å². The smallest absolute Gasteiger partial charge is 0.410 e. The molecule has 98 valence electrons. The van der Waals surface area contributed by atoms with Crippen molar-refractivity contribution in [2.75, 3.05) is 12.3 Å². The molecule has 3 nitrogen and oxygen atoms in total. The first-order chi connectivity index (χ1) is 8.68. The van der Waals surface area contributed by atoms with Crippen LogP contribution in [0.4, 0.5) is 4.79 Å². The number of amides is 1. The lowest BCUT2D eigenvalue weighted by Crippen LogP contribution is -2.48. The van der Waals surface area contributed by atoms with Gasteiger partial charge in [0.05, 0.1) is 0 Å². The van der Waals surface area contributed by atoms with Gasteiger partial charge in [-0.05, 0) is 12.5 Å². The van der Waals surface area contributed by atoms with E-state index < -0.39 is 0 Å². The van der Waals surface area contributed by atoms with E-state index in [9.17, 15) is 4.79 Å². The molecule has 4 heteroatoms.